The van der Waals surface area contributed by atoms with Crippen molar-refractivity contribution >= 4 is 34.6 Å². The number of benzene rings is 2. The van der Waals surface area contributed by atoms with Crippen LogP contribution in [-0.2, 0) is 20.5 Å². The molecule has 1 heterocycles. The fourth-order valence-corrected chi connectivity index (χ4v) is 3.60. The molecule has 0 unspecified atom stereocenters. The number of amides is 2. The molecular weight excluding hydrogens is 421 g/mol. The standard InChI is InChI=1S/C20H17F3N2O4S/c21-20(22,23)14-7-4-8-15(11-14)24-18(27)17(13-5-2-1-3-6-13)29-16(26)12-25-9-10-30-19(25)28/h1-8,11,17H,9-10,12H2,(H,24,27)/t17-/m0/s1. The first-order valence-electron chi connectivity index (χ1n) is 8.88. The third-order valence-electron chi connectivity index (χ3n) is 4.21. The lowest BCUT2D eigenvalue weighted by atomic mass is 10.1. The highest BCUT2D eigenvalue weighted by atomic mass is 32.2. The predicted molar refractivity (Wildman–Crippen MR) is 105 cm³/mol. The van der Waals surface area contributed by atoms with Crippen molar-refractivity contribution in [2.45, 2.75) is 12.3 Å². The van der Waals surface area contributed by atoms with Gasteiger partial charge in [0.25, 0.3) is 11.1 Å². The van der Waals surface area contributed by atoms with Gasteiger partial charge in [-0.3, -0.25) is 14.4 Å². The monoisotopic (exact) mass is 438 g/mol. The summed E-state index contributed by atoms with van der Waals surface area (Å²) in [6.45, 7) is 0.0804. The summed E-state index contributed by atoms with van der Waals surface area (Å²) in [6, 6.07) is 12.2. The van der Waals surface area contributed by atoms with Crippen LogP contribution in [0.5, 0.6) is 0 Å². The zero-order chi connectivity index (χ0) is 21.7. The molecule has 6 nitrogen and oxygen atoms in total. The van der Waals surface area contributed by atoms with Crippen molar-refractivity contribution in [3.8, 4) is 0 Å². The topological polar surface area (TPSA) is 75.7 Å². The maximum atomic E-state index is 12.9. The summed E-state index contributed by atoms with van der Waals surface area (Å²) in [5.41, 5.74) is -0.658. The van der Waals surface area contributed by atoms with E-state index in [1.165, 1.54) is 17.0 Å². The Morgan fingerprint density at radius 3 is 2.50 bits per heavy atom. The molecule has 0 aromatic heterocycles. The zero-order valence-corrected chi connectivity index (χ0v) is 16.3. The molecule has 0 radical (unpaired) electrons. The van der Waals surface area contributed by atoms with Crippen LogP contribution < -0.4 is 5.32 Å². The number of ether oxygens (including phenoxy) is 1. The average Bonchev–Trinajstić information content (AvgIpc) is 3.10. The van der Waals surface area contributed by atoms with Crippen molar-refractivity contribution in [3.05, 3.63) is 65.7 Å². The van der Waals surface area contributed by atoms with Crippen LogP contribution in [0.3, 0.4) is 0 Å². The van der Waals surface area contributed by atoms with Gasteiger partial charge in [0.15, 0.2) is 0 Å². The number of hydrogen-bond acceptors (Lipinski definition) is 5. The summed E-state index contributed by atoms with van der Waals surface area (Å²) < 4.78 is 44.0. The summed E-state index contributed by atoms with van der Waals surface area (Å²) in [6.07, 6.45) is -5.95. The Labute approximate surface area is 174 Å². The van der Waals surface area contributed by atoms with Crippen molar-refractivity contribution in [2.75, 3.05) is 24.2 Å². The van der Waals surface area contributed by atoms with Crippen LogP contribution in [0.25, 0.3) is 0 Å². The molecule has 0 spiro atoms. The van der Waals surface area contributed by atoms with Crippen LogP contribution in [0.4, 0.5) is 23.7 Å². The number of esters is 1. The van der Waals surface area contributed by atoms with Crippen molar-refractivity contribution in [2.24, 2.45) is 0 Å². The maximum absolute atomic E-state index is 12.9. The number of halogens is 3. The smallest absolute Gasteiger partial charge is 0.416 e. The molecule has 1 saturated heterocycles. The SMILES string of the molecule is O=C(CN1CCSC1=O)O[C@H](C(=O)Nc1cccc(C(F)(F)F)c1)c1ccccc1. The Hall–Kier alpha value is -3.01. The highest BCUT2D eigenvalue weighted by Gasteiger charge is 2.32. The lowest BCUT2D eigenvalue weighted by molar-refractivity contribution is -0.155. The van der Waals surface area contributed by atoms with Gasteiger partial charge in [-0.05, 0) is 18.2 Å². The normalized spacial score (nSPS) is 15.0. The molecule has 0 aliphatic carbocycles. The molecule has 1 N–H and O–H groups in total. The minimum atomic E-state index is -4.56. The minimum Gasteiger partial charge on any atom is -0.446 e. The van der Waals surface area contributed by atoms with Gasteiger partial charge < -0.3 is 15.0 Å². The van der Waals surface area contributed by atoms with E-state index >= 15 is 0 Å². The molecule has 30 heavy (non-hydrogen) atoms. The number of hydrogen-bond donors (Lipinski definition) is 1. The van der Waals surface area contributed by atoms with Crippen LogP contribution >= 0.6 is 11.8 Å². The number of carbonyl (C=O) groups excluding carboxylic acids is 3. The van der Waals surface area contributed by atoms with Gasteiger partial charge in [-0.2, -0.15) is 13.2 Å². The molecule has 2 aromatic rings. The summed E-state index contributed by atoms with van der Waals surface area (Å²) in [5.74, 6) is -1.04. The van der Waals surface area contributed by atoms with Crippen LogP contribution in [0, 0.1) is 0 Å². The second-order valence-corrected chi connectivity index (χ2v) is 7.43. The first kappa shape index (κ1) is 21.7. The second kappa shape index (κ2) is 9.21. The lowest BCUT2D eigenvalue weighted by Gasteiger charge is -2.20. The Balaban J connectivity index is 1.76. The first-order chi connectivity index (χ1) is 14.2. The van der Waals surface area contributed by atoms with E-state index in [0.29, 0.717) is 17.9 Å². The van der Waals surface area contributed by atoms with Gasteiger partial charge in [0.1, 0.15) is 6.54 Å². The Bertz CT molecular complexity index is 937. The van der Waals surface area contributed by atoms with Crippen LogP contribution in [0.2, 0.25) is 0 Å². The van der Waals surface area contributed by atoms with Gasteiger partial charge in [0.05, 0.1) is 5.56 Å². The summed E-state index contributed by atoms with van der Waals surface area (Å²) in [4.78, 5) is 38.0. The molecule has 0 bridgehead atoms. The molecule has 1 fully saturated rings. The molecule has 3 rings (SSSR count). The third kappa shape index (κ3) is 5.53. The zero-order valence-electron chi connectivity index (χ0n) is 15.5. The summed E-state index contributed by atoms with van der Waals surface area (Å²) in [7, 11) is 0. The van der Waals surface area contributed by atoms with E-state index in [-0.39, 0.29) is 17.5 Å². The third-order valence-corrected chi connectivity index (χ3v) is 5.10. The molecule has 158 valence electrons. The number of alkyl halides is 3. The molecule has 2 amide bonds. The number of carbonyl (C=O) groups is 3. The Morgan fingerprint density at radius 1 is 1.13 bits per heavy atom. The van der Waals surface area contributed by atoms with Gasteiger partial charge >= 0.3 is 12.1 Å². The molecule has 10 heteroatoms. The van der Waals surface area contributed by atoms with E-state index < -0.39 is 29.7 Å². The van der Waals surface area contributed by atoms with Gasteiger partial charge in [0.2, 0.25) is 6.10 Å². The second-order valence-electron chi connectivity index (χ2n) is 6.38. The number of thioether (sulfide) groups is 1. The van der Waals surface area contributed by atoms with Gasteiger partial charge in [-0.25, -0.2) is 0 Å². The number of rotatable bonds is 6. The van der Waals surface area contributed by atoms with Crippen LogP contribution in [0.15, 0.2) is 54.6 Å². The fourth-order valence-electron chi connectivity index (χ4n) is 2.78. The molecule has 1 atom stereocenters. The highest BCUT2D eigenvalue weighted by Crippen LogP contribution is 2.31. The summed E-state index contributed by atoms with van der Waals surface area (Å²) in [5, 5.41) is 2.11. The van der Waals surface area contributed by atoms with E-state index in [2.05, 4.69) is 5.32 Å². The van der Waals surface area contributed by atoms with Crippen LogP contribution in [0.1, 0.15) is 17.2 Å². The fraction of sp³-hybridized carbons (Fsp3) is 0.250. The van der Waals surface area contributed by atoms with E-state index in [4.69, 9.17) is 4.74 Å². The average molecular weight is 438 g/mol. The molecule has 0 saturated carbocycles. The number of nitrogens with one attached hydrogen (secondary N) is 1. The number of anilines is 1. The van der Waals surface area contributed by atoms with Crippen molar-refractivity contribution in [3.63, 3.8) is 0 Å². The molecule has 1 aliphatic heterocycles. The van der Waals surface area contributed by atoms with Crippen molar-refractivity contribution in [1.29, 1.82) is 0 Å². The van der Waals surface area contributed by atoms with Gasteiger partial charge in [0, 0.05) is 23.5 Å². The molecule has 2 aromatic carbocycles. The van der Waals surface area contributed by atoms with Crippen molar-refractivity contribution in [1.82, 2.24) is 4.90 Å². The maximum Gasteiger partial charge on any atom is 0.416 e. The first-order valence-corrected chi connectivity index (χ1v) is 9.87. The number of nitrogens with zero attached hydrogens (tertiary/aromatic N) is 1. The molecule has 1 aliphatic rings. The largest absolute Gasteiger partial charge is 0.446 e. The van der Waals surface area contributed by atoms with E-state index in [1.54, 1.807) is 30.3 Å². The Morgan fingerprint density at radius 2 is 1.87 bits per heavy atom. The summed E-state index contributed by atoms with van der Waals surface area (Å²) >= 11 is 1.08. The van der Waals surface area contributed by atoms with Gasteiger partial charge in [-0.15, -0.1) is 0 Å². The highest BCUT2D eigenvalue weighted by molar-refractivity contribution is 8.13. The molecular formula is C20H17F3N2O4S. The van der Waals surface area contributed by atoms with E-state index in [9.17, 15) is 27.6 Å². The Kier molecular flexibility index (Phi) is 6.66. The lowest BCUT2D eigenvalue weighted by Crippen LogP contribution is -2.34. The van der Waals surface area contributed by atoms with E-state index in [1.807, 2.05) is 0 Å². The predicted octanol–water partition coefficient (Wildman–Crippen LogP) is 4.10. The quantitative estimate of drug-likeness (QED) is 0.688. The van der Waals surface area contributed by atoms with Gasteiger partial charge in [-0.1, -0.05) is 48.2 Å². The van der Waals surface area contributed by atoms with E-state index in [0.717, 1.165) is 23.9 Å². The van der Waals surface area contributed by atoms with Crippen LogP contribution in [-0.4, -0.2) is 40.9 Å². The van der Waals surface area contributed by atoms with Crippen molar-refractivity contribution < 1.29 is 32.3 Å². The minimum absolute atomic E-state index is 0.0853.